The number of aromatic nitrogens is 2. The highest BCUT2D eigenvalue weighted by Gasteiger charge is 2.17. The summed E-state index contributed by atoms with van der Waals surface area (Å²) in [6, 6.07) is 5.71. The zero-order valence-corrected chi connectivity index (χ0v) is 14.5. The van der Waals surface area contributed by atoms with Crippen LogP contribution in [0, 0.1) is 0 Å². The number of benzene rings is 1. The highest BCUT2D eigenvalue weighted by molar-refractivity contribution is 7.93. The summed E-state index contributed by atoms with van der Waals surface area (Å²) in [4.78, 5) is 11.3. The summed E-state index contributed by atoms with van der Waals surface area (Å²) in [6.07, 6.45) is -0.747. The van der Waals surface area contributed by atoms with Crippen LogP contribution < -0.4 is 14.8 Å². The van der Waals surface area contributed by atoms with Crippen LogP contribution in [0.4, 0.5) is 10.8 Å². The van der Waals surface area contributed by atoms with Gasteiger partial charge in [-0.1, -0.05) is 12.0 Å². The molecule has 0 aliphatic heterocycles. The van der Waals surface area contributed by atoms with E-state index < -0.39 is 16.3 Å². The lowest BCUT2D eigenvalue weighted by Gasteiger charge is -2.07. The SMILES string of the molecule is CCC(=O)Nc1ccc(S(=O)(=O)Nc2nnc(OC(C)O)s2)cc1. The number of hydrogen-bond donors (Lipinski definition) is 3. The van der Waals surface area contributed by atoms with E-state index >= 15 is 0 Å². The number of amides is 1. The summed E-state index contributed by atoms with van der Waals surface area (Å²) < 4.78 is 31.7. The van der Waals surface area contributed by atoms with Gasteiger partial charge in [0.15, 0.2) is 6.29 Å². The molecule has 24 heavy (non-hydrogen) atoms. The van der Waals surface area contributed by atoms with Crippen LogP contribution in [0.25, 0.3) is 0 Å². The summed E-state index contributed by atoms with van der Waals surface area (Å²) >= 11 is 0.846. The van der Waals surface area contributed by atoms with E-state index in [0.29, 0.717) is 12.1 Å². The Labute approximate surface area is 142 Å². The Hall–Kier alpha value is -2.24. The standard InChI is InChI=1S/C13H16N4O5S2/c1-3-11(19)14-9-4-6-10(7-5-9)24(20,21)17-12-15-16-13(23-12)22-8(2)18/h4-8,18H,3H2,1-2H3,(H,14,19)(H,15,17). The third-order valence-corrected chi connectivity index (χ3v) is 4.88. The van der Waals surface area contributed by atoms with Crippen molar-refractivity contribution in [2.24, 2.45) is 0 Å². The molecule has 1 unspecified atom stereocenters. The van der Waals surface area contributed by atoms with Crippen LogP contribution in [0.5, 0.6) is 5.19 Å². The molecule has 0 aliphatic rings. The number of anilines is 2. The van der Waals surface area contributed by atoms with Crippen molar-refractivity contribution in [1.82, 2.24) is 10.2 Å². The van der Waals surface area contributed by atoms with Crippen LogP contribution in [-0.4, -0.2) is 35.9 Å². The lowest BCUT2D eigenvalue weighted by Crippen LogP contribution is -2.13. The second-order valence-corrected chi connectivity index (χ2v) is 7.24. The molecule has 0 radical (unpaired) electrons. The second-order valence-electron chi connectivity index (χ2n) is 4.62. The second kappa shape index (κ2) is 7.55. The smallest absolute Gasteiger partial charge is 0.298 e. The summed E-state index contributed by atoms with van der Waals surface area (Å²) in [5, 5.41) is 19.0. The predicted molar refractivity (Wildman–Crippen MR) is 88.4 cm³/mol. The van der Waals surface area contributed by atoms with Crippen LogP contribution >= 0.6 is 11.3 Å². The first-order valence-corrected chi connectivity index (χ1v) is 9.21. The fraction of sp³-hybridized carbons (Fsp3) is 0.308. The fourth-order valence-corrected chi connectivity index (χ4v) is 3.48. The Bertz CT molecular complexity index is 802. The summed E-state index contributed by atoms with van der Waals surface area (Å²) in [7, 11) is -3.85. The highest BCUT2D eigenvalue weighted by Crippen LogP contribution is 2.25. The molecule has 0 saturated carbocycles. The van der Waals surface area contributed by atoms with Crippen LogP contribution in [0.15, 0.2) is 29.2 Å². The van der Waals surface area contributed by atoms with E-state index in [-0.39, 0.29) is 21.1 Å². The van der Waals surface area contributed by atoms with Gasteiger partial charge in [0.1, 0.15) is 0 Å². The van der Waals surface area contributed by atoms with E-state index in [0.717, 1.165) is 11.3 Å². The Morgan fingerprint density at radius 2 is 2.00 bits per heavy atom. The Morgan fingerprint density at radius 1 is 1.33 bits per heavy atom. The molecule has 0 aliphatic carbocycles. The normalized spacial score (nSPS) is 12.5. The topological polar surface area (TPSA) is 131 Å². The van der Waals surface area contributed by atoms with Gasteiger partial charge in [-0.3, -0.25) is 9.52 Å². The van der Waals surface area contributed by atoms with Gasteiger partial charge in [0.05, 0.1) is 4.90 Å². The van der Waals surface area contributed by atoms with E-state index in [1.807, 2.05) is 0 Å². The van der Waals surface area contributed by atoms with Gasteiger partial charge in [0.25, 0.3) is 15.2 Å². The maximum Gasteiger partial charge on any atom is 0.298 e. The molecule has 2 rings (SSSR count). The molecule has 1 heterocycles. The molecule has 0 saturated heterocycles. The molecule has 0 spiro atoms. The van der Waals surface area contributed by atoms with Gasteiger partial charge in [0, 0.05) is 12.1 Å². The van der Waals surface area contributed by atoms with Gasteiger partial charge >= 0.3 is 0 Å². The largest absolute Gasteiger partial charge is 0.439 e. The minimum atomic E-state index is -3.85. The average Bonchev–Trinajstić information content (AvgIpc) is 2.93. The zero-order chi connectivity index (χ0) is 17.7. The van der Waals surface area contributed by atoms with Crippen molar-refractivity contribution in [3.63, 3.8) is 0 Å². The van der Waals surface area contributed by atoms with Crippen molar-refractivity contribution in [2.45, 2.75) is 31.5 Å². The van der Waals surface area contributed by atoms with Crippen molar-refractivity contribution >= 4 is 38.1 Å². The first-order valence-electron chi connectivity index (χ1n) is 6.91. The first-order chi connectivity index (χ1) is 11.3. The molecule has 0 bridgehead atoms. The molecule has 1 aromatic heterocycles. The number of rotatable bonds is 7. The van der Waals surface area contributed by atoms with Crippen molar-refractivity contribution in [1.29, 1.82) is 0 Å². The van der Waals surface area contributed by atoms with E-state index in [1.165, 1.54) is 31.2 Å². The molecule has 11 heteroatoms. The van der Waals surface area contributed by atoms with Crippen molar-refractivity contribution in [3.05, 3.63) is 24.3 Å². The van der Waals surface area contributed by atoms with Gasteiger partial charge in [-0.25, -0.2) is 8.42 Å². The number of aliphatic hydroxyl groups is 1. The lowest BCUT2D eigenvalue weighted by molar-refractivity contribution is -0.115. The molecule has 9 nitrogen and oxygen atoms in total. The highest BCUT2D eigenvalue weighted by atomic mass is 32.2. The van der Waals surface area contributed by atoms with E-state index in [9.17, 15) is 13.2 Å². The maximum atomic E-state index is 12.3. The van der Waals surface area contributed by atoms with Crippen LogP contribution in [0.3, 0.4) is 0 Å². The number of sulfonamides is 1. The minimum absolute atomic E-state index is 0.00481. The molecule has 1 atom stereocenters. The van der Waals surface area contributed by atoms with Gasteiger partial charge in [-0.15, -0.1) is 5.10 Å². The number of hydrogen-bond acceptors (Lipinski definition) is 8. The van der Waals surface area contributed by atoms with Crippen molar-refractivity contribution in [2.75, 3.05) is 10.0 Å². The van der Waals surface area contributed by atoms with Crippen LogP contribution in [0.2, 0.25) is 0 Å². The number of nitrogens with one attached hydrogen (secondary N) is 2. The summed E-state index contributed by atoms with van der Waals surface area (Å²) in [5.41, 5.74) is 0.504. The Balaban J connectivity index is 2.09. The summed E-state index contributed by atoms with van der Waals surface area (Å²) in [6.45, 7) is 3.11. The molecule has 1 amide bonds. The molecule has 130 valence electrons. The summed E-state index contributed by atoms with van der Waals surface area (Å²) in [5.74, 6) is -0.164. The quantitative estimate of drug-likeness (QED) is 0.626. The molecular weight excluding hydrogens is 356 g/mol. The van der Waals surface area contributed by atoms with Crippen molar-refractivity contribution < 1.29 is 23.1 Å². The van der Waals surface area contributed by atoms with E-state index in [1.54, 1.807) is 6.92 Å². The molecule has 1 aromatic carbocycles. The van der Waals surface area contributed by atoms with Crippen molar-refractivity contribution in [3.8, 4) is 5.19 Å². The molecular formula is C13H16N4O5S2. The van der Waals surface area contributed by atoms with Gasteiger partial charge in [-0.2, -0.15) is 0 Å². The van der Waals surface area contributed by atoms with Crippen LogP contribution in [0.1, 0.15) is 20.3 Å². The third kappa shape index (κ3) is 4.88. The van der Waals surface area contributed by atoms with Gasteiger partial charge in [0.2, 0.25) is 11.0 Å². The third-order valence-electron chi connectivity index (χ3n) is 2.67. The number of nitrogens with zero attached hydrogens (tertiary/aromatic N) is 2. The molecule has 0 fully saturated rings. The fourth-order valence-electron chi connectivity index (χ4n) is 1.59. The maximum absolute atomic E-state index is 12.3. The molecule has 3 N–H and O–H groups in total. The number of aliphatic hydroxyl groups excluding tert-OH is 1. The average molecular weight is 372 g/mol. The number of carbonyl (C=O) groups excluding carboxylic acids is 1. The van der Waals surface area contributed by atoms with E-state index in [2.05, 4.69) is 20.2 Å². The Kier molecular flexibility index (Phi) is 5.70. The number of carbonyl (C=O) groups is 1. The zero-order valence-electron chi connectivity index (χ0n) is 12.9. The van der Waals surface area contributed by atoms with E-state index in [4.69, 9.17) is 9.84 Å². The van der Waals surface area contributed by atoms with Crippen LogP contribution in [-0.2, 0) is 14.8 Å². The molecule has 2 aromatic rings. The van der Waals surface area contributed by atoms with Gasteiger partial charge in [-0.05, 0) is 42.5 Å². The predicted octanol–water partition coefficient (Wildman–Crippen LogP) is 1.40. The minimum Gasteiger partial charge on any atom is -0.439 e. The number of ether oxygens (including phenoxy) is 1. The first kappa shape index (κ1) is 18.1. The Morgan fingerprint density at radius 3 is 2.58 bits per heavy atom. The monoisotopic (exact) mass is 372 g/mol. The lowest BCUT2D eigenvalue weighted by atomic mass is 10.3. The van der Waals surface area contributed by atoms with Gasteiger partial charge < -0.3 is 15.2 Å².